The molecule has 4 aromatic rings. The van der Waals surface area contributed by atoms with E-state index < -0.39 is 0 Å². The van der Waals surface area contributed by atoms with E-state index in [4.69, 9.17) is 19.6 Å². The van der Waals surface area contributed by atoms with E-state index in [2.05, 4.69) is 18.3 Å². The monoisotopic (exact) mass is 448 g/mol. The van der Waals surface area contributed by atoms with Crippen LogP contribution in [-0.2, 0) is 4.79 Å². The quantitative estimate of drug-likeness (QED) is 0.466. The zero-order chi connectivity index (χ0) is 22.4. The van der Waals surface area contributed by atoms with E-state index in [-0.39, 0.29) is 11.8 Å². The number of carbonyl (C=O) groups excluding carboxylic acids is 1. The number of nitrogens with one attached hydrogen (secondary N) is 1. The molecule has 2 aromatic carbocycles. The minimum Gasteiger partial charge on any atom is -0.493 e. The number of rotatable bonds is 5. The summed E-state index contributed by atoms with van der Waals surface area (Å²) < 4.78 is 14.3. The zero-order valence-corrected chi connectivity index (χ0v) is 19.2. The van der Waals surface area contributed by atoms with Gasteiger partial charge in [0.25, 0.3) is 0 Å². The fraction of sp³-hybridized carbons (Fsp3) is 0.292. The van der Waals surface area contributed by atoms with Crippen molar-refractivity contribution in [2.75, 3.05) is 19.0 Å². The van der Waals surface area contributed by atoms with Crippen LogP contribution in [0.15, 0.2) is 36.4 Å². The number of hydrogen-bond acceptors (Lipinski definition) is 6. The van der Waals surface area contributed by atoms with E-state index in [1.807, 2.05) is 44.2 Å². The first-order valence-corrected chi connectivity index (χ1v) is 11.4. The highest BCUT2D eigenvalue weighted by Crippen LogP contribution is 2.46. The molecule has 0 spiro atoms. The van der Waals surface area contributed by atoms with Crippen LogP contribution < -0.4 is 14.8 Å². The van der Waals surface area contributed by atoms with Crippen molar-refractivity contribution >= 4 is 33.3 Å². The minimum atomic E-state index is -0.194. The molecule has 0 radical (unpaired) electrons. The number of ether oxygens (including phenoxy) is 2. The van der Waals surface area contributed by atoms with Crippen molar-refractivity contribution in [3.63, 3.8) is 0 Å². The summed E-state index contributed by atoms with van der Waals surface area (Å²) in [6.45, 7) is 6.47. The van der Waals surface area contributed by atoms with Crippen LogP contribution >= 0.6 is 11.3 Å². The Labute approximate surface area is 190 Å². The molecule has 0 bridgehead atoms. The fourth-order valence-electron chi connectivity index (χ4n) is 4.33. The zero-order valence-electron chi connectivity index (χ0n) is 18.4. The molecule has 0 saturated carbocycles. The van der Waals surface area contributed by atoms with E-state index in [0.29, 0.717) is 30.3 Å². The van der Waals surface area contributed by atoms with Gasteiger partial charge in [0.2, 0.25) is 11.0 Å². The summed E-state index contributed by atoms with van der Waals surface area (Å²) >= 11 is 1.56. The fourth-order valence-corrected chi connectivity index (χ4v) is 5.35. The Hall–Kier alpha value is -3.39. The first kappa shape index (κ1) is 20.5. The average Bonchev–Trinajstić information content (AvgIpc) is 3.34. The maximum absolute atomic E-state index is 12.8. The number of aromatic nitrogens is 3. The Bertz CT molecular complexity index is 1340. The third-order valence-corrected chi connectivity index (χ3v) is 6.70. The van der Waals surface area contributed by atoms with Gasteiger partial charge in [0, 0.05) is 23.5 Å². The maximum atomic E-state index is 12.8. The molecule has 1 atom stereocenters. The van der Waals surface area contributed by atoms with Gasteiger partial charge in [-0.05, 0) is 44.5 Å². The molecule has 0 saturated heterocycles. The summed E-state index contributed by atoms with van der Waals surface area (Å²) in [5.74, 6) is 1.74. The number of fused-ring (bicyclic) bond motifs is 2. The largest absolute Gasteiger partial charge is 0.493 e. The highest BCUT2D eigenvalue weighted by molar-refractivity contribution is 7.20. The third kappa shape index (κ3) is 3.31. The number of aryl methyl sites for hydroxylation is 2. The predicted molar refractivity (Wildman–Crippen MR) is 125 cm³/mol. The van der Waals surface area contributed by atoms with Gasteiger partial charge in [-0.25, -0.2) is 4.98 Å². The summed E-state index contributed by atoms with van der Waals surface area (Å²) in [4.78, 5) is 17.6. The number of benzene rings is 2. The molecule has 5 rings (SSSR count). The van der Waals surface area contributed by atoms with Gasteiger partial charge in [-0.15, -0.1) is 0 Å². The van der Waals surface area contributed by atoms with Crippen LogP contribution in [0.3, 0.4) is 0 Å². The second-order valence-electron chi connectivity index (χ2n) is 7.84. The molecule has 32 heavy (non-hydrogen) atoms. The molecule has 8 heteroatoms. The topological polar surface area (TPSA) is 78.3 Å². The first-order chi connectivity index (χ1) is 15.5. The Morgan fingerprint density at radius 2 is 2.09 bits per heavy atom. The minimum absolute atomic E-state index is 0.0640. The van der Waals surface area contributed by atoms with Crippen LogP contribution in [0.5, 0.6) is 11.5 Å². The van der Waals surface area contributed by atoms with Gasteiger partial charge < -0.3 is 14.8 Å². The summed E-state index contributed by atoms with van der Waals surface area (Å²) in [5.41, 5.74) is 4.86. The smallest absolute Gasteiger partial charge is 0.226 e. The lowest BCUT2D eigenvalue weighted by Gasteiger charge is -2.26. The molecule has 0 fully saturated rings. The Kier molecular flexibility index (Phi) is 5.09. The van der Waals surface area contributed by atoms with Gasteiger partial charge in [0.15, 0.2) is 11.5 Å². The molecule has 7 nitrogen and oxygen atoms in total. The van der Waals surface area contributed by atoms with Crippen molar-refractivity contribution in [1.82, 2.24) is 14.8 Å². The van der Waals surface area contributed by atoms with E-state index in [1.165, 1.54) is 5.56 Å². The molecular formula is C24H24N4O3S. The van der Waals surface area contributed by atoms with E-state index in [1.54, 1.807) is 23.1 Å². The predicted octanol–water partition coefficient (Wildman–Crippen LogP) is 4.98. The number of methoxy groups -OCH3 is 1. The Morgan fingerprint density at radius 3 is 2.88 bits per heavy atom. The average molecular weight is 449 g/mol. The lowest BCUT2D eigenvalue weighted by molar-refractivity contribution is -0.116. The lowest BCUT2D eigenvalue weighted by atomic mass is 9.85. The van der Waals surface area contributed by atoms with Crippen molar-refractivity contribution in [1.29, 1.82) is 0 Å². The highest BCUT2D eigenvalue weighted by atomic mass is 32.1. The lowest BCUT2D eigenvalue weighted by Crippen LogP contribution is -2.25. The van der Waals surface area contributed by atoms with Crippen LogP contribution in [-0.4, -0.2) is 34.4 Å². The second kappa shape index (κ2) is 7.94. The van der Waals surface area contributed by atoms with Crippen molar-refractivity contribution in [3.8, 4) is 16.6 Å². The van der Waals surface area contributed by atoms with Crippen molar-refractivity contribution in [2.24, 2.45) is 0 Å². The molecule has 0 unspecified atom stereocenters. The van der Waals surface area contributed by atoms with Crippen molar-refractivity contribution in [2.45, 2.75) is 33.1 Å². The van der Waals surface area contributed by atoms with Gasteiger partial charge in [0.1, 0.15) is 5.82 Å². The van der Waals surface area contributed by atoms with Gasteiger partial charge in [0.05, 0.1) is 29.6 Å². The van der Waals surface area contributed by atoms with E-state index in [9.17, 15) is 4.79 Å². The molecule has 1 aliphatic rings. The number of para-hydroxylation sites is 1. The Morgan fingerprint density at radius 1 is 1.25 bits per heavy atom. The Balaban J connectivity index is 1.67. The van der Waals surface area contributed by atoms with Gasteiger partial charge in [-0.3, -0.25) is 4.79 Å². The maximum Gasteiger partial charge on any atom is 0.226 e. The molecular weight excluding hydrogens is 424 g/mol. The third-order valence-electron chi connectivity index (χ3n) is 5.71. The van der Waals surface area contributed by atoms with Gasteiger partial charge in [-0.2, -0.15) is 9.78 Å². The standard InChI is InChI=1S/C24H24N4O3S/c1-5-31-22-15(7-6-8-18(22)30-4)16-12-20(29)26-23-21(16)14(3)27-28(23)24-25-17-10-9-13(2)11-19(17)32-24/h6-11,16H,5,12H2,1-4H3,(H,26,29)/t16-/m0/s1. The molecule has 2 aromatic heterocycles. The normalized spacial score (nSPS) is 15.5. The molecule has 164 valence electrons. The van der Waals surface area contributed by atoms with Gasteiger partial charge in [-0.1, -0.05) is 29.5 Å². The van der Waals surface area contributed by atoms with Crippen LogP contribution in [0.25, 0.3) is 15.3 Å². The number of anilines is 1. The summed E-state index contributed by atoms with van der Waals surface area (Å²) in [6, 6.07) is 12.0. The van der Waals surface area contributed by atoms with E-state index in [0.717, 1.165) is 32.2 Å². The summed E-state index contributed by atoms with van der Waals surface area (Å²) in [5, 5.41) is 8.55. The SMILES string of the molecule is CCOc1c(OC)cccc1[C@@H]1CC(=O)Nc2c1c(C)nn2-c1nc2ccc(C)cc2s1. The summed E-state index contributed by atoms with van der Waals surface area (Å²) in [7, 11) is 1.62. The number of thiazole rings is 1. The van der Waals surface area contributed by atoms with Crippen LogP contribution in [0.2, 0.25) is 0 Å². The molecule has 1 amide bonds. The molecule has 1 aliphatic heterocycles. The van der Waals surface area contributed by atoms with Crippen LogP contribution in [0, 0.1) is 13.8 Å². The van der Waals surface area contributed by atoms with Crippen LogP contribution in [0.4, 0.5) is 5.82 Å². The van der Waals surface area contributed by atoms with E-state index >= 15 is 0 Å². The van der Waals surface area contributed by atoms with Crippen LogP contribution in [0.1, 0.15) is 41.6 Å². The molecule has 0 aliphatic carbocycles. The number of hydrogen-bond donors (Lipinski definition) is 1. The van der Waals surface area contributed by atoms with Crippen molar-refractivity contribution in [3.05, 3.63) is 58.8 Å². The van der Waals surface area contributed by atoms with Gasteiger partial charge >= 0.3 is 0 Å². The van der Waals surface area contributed by atoms with Crippen molar-refractivity contribution < 1.29 is 14.3 Å². The summed E-state index contributed by atoms with van der Waals surface area (Å²) in [6.07, 6.45) is 0.311. The first-order valence-electron chi connectivity index (χ1n) is 10.6. The number of amides is 1. The number of carbonyl (C=O) groups is 1. The molecule has 3 heterocycles. The highest BCUT2D eigenvalue weighted by Gasteiger charge is 2.35. The number of nitrogens with zero attached hydrogens (tertiary/aromatic N) is 3. The molecule has 1 N–H and O–H groups in total. The second-order valence-corrected chi connectivity index (χ2v) is 8.85.